The zero-order chi connectivity index (χ0) is 8.39. The molecule has 2 heterocycles. The van der Waals surface area contributed by atoms with Crippen LogP contribution >= 0.6 is 0 Å². The van der Waals surface area contributed by atoms with Gasteiger partial charge in [-0.15, -0.1) is 0 Å². The van der Waals surface area contributed by atoms with Crippen molar-refractivity contribution in [2.45, 2.75) is 12.2 Å². The van der Waals surface area contributed by atoms with Crippen LogP contribution in [0.15, 0.2) is 0 Å². The second-order valence-corrected chi connectivity index (χ2v) is 2.73. The van der Waals surface area contributed by atoms with Crippen LogP contribution in [0.2, 0.25) is 0 Å². The Hall–Kier alpha value is -0.880. The van der Waals surface area contributed by atoms with Gasteiger partial charge in [-0.1, -0.05) is 0 Å². The molecule has 2 fully saturated rings. The van der Waals surface area contributed by atoms with Gasteiger partial charge in [0, 0.05) is 0 Å². The molecule has 0 saturated carbocycles. The molecule has 12 heavy (non-hydrogen) atoms. The predicted octanol–water partition coefficient (Wildman–Crippen LogP) is -0.574. The molecule has 0 aromatic carbocycles. The summed E-state index contributed by atoms with van der Waals surface area (Å²) in [5, 5.41) is 0.114. The monoisotopic (exact) mass is 176 g/mol. The summed E-state index contributed by atoms with van der Waals surface area (Å²) in [6, 6.07) is 0. The number of hydrogen-bond acceptors (Lipinski definition) is 5. The summed E-state index contributed by atoms with van der Waals surface area (Å²) in [4.78, 5) is 19.9. The van der Waals surface area contributed by atoms with Crippen molar-refractivity contribution in [1.29, 1.82) is 0 Å². The third-order valence-electron chi connectivity index (χ3n) is 1.54. The van der Waals surface area contributed by atoms with E-state index in [0.717, 1.165) is 0 Å². The number of nitrogens with zero attached hydrogens (tertiary/aromatic N) is 1. The molecule has 6 heteroatoms. The first-order valence-corrected chi connectivity index (χ1v) is 3.81. The molecule has 2 rings (SSSR count). The second kappa shape index (κ2) is 3.24. The largest absolute Gasteiger partial charge is 0.477 e. The molecule has 2 saturated heterocycles. The van der Waals surface area contributed by atoms with Gasteiger partial charge in [0.25, 0.3) is 0 Å². The average Bonchev–Trinajstić information content (AvgIpc) is 2.89. The van der Waals surface area contributed by atoms with Crippen LogP contribution in [0.3, 0.4) is 0 Å². The van der Waals surface area contributed by atoms with Crippen molar-refractivity contribution in [3.63, 3.8) is 0 Å². The highest BCUT2D eigenvalue weighted by Crippen LogP contribution is 2.10. The highest BCUT2D eigenvalue weighted by atomic mass is 17.0. The zero-order valence-electron chi connectivity index (χ0n) is 6.47. The van der Waals surface area contributed by atoms with E-state index in [1.807, 2.05) is 0 Å². The summed E-state index contributed by atoms with van der Waals surface area (Å²) in [7, 11) is 0. The molecule has 2 unspecified atom stereocenters. The van der Waals surface area contributed by atoms with Crippen molar-refractivity contribution in [2.75, 3.05) is 26.4 Å². The van der Waals surface area contributed by atoms with Crippen LogP contribution < -0.4 is 0 Å². The lowest BCUT2D eigenvalue weighted by atomic mass is 10.5. The third kappa shape index (κ3) is 2.63. The fourth-order valence-electron chi connectivity index (χ4n) is 0.654. The Kier molecular flexibility index (Phi) is 2.09. The highest BCUT2D eigenvalue weighted by molar-refractivity contribution is 4.66. The molecule has 2 atom stereocenters. The number of ether oxygens (including phenoxy) is 2. The normalized spacial score (nSPS) is 31.0. The molecule has 2 aliphatic rings. The van der Waals surface area contributed by atoms with Crippen molar-refractivity contribution in [3.05, 3.63) is 4.91 Å². The Morgan fingerprint density at radius 2 is 1.58 bits per heavy atom. The smallest absolute Gasteiger partial charge is 0.369 e. The Bertz CT molecular complexity index is 159. The van der Waals surface area contributed by atoms with Crippen LogP contribution in [0.1, 0.15) is 0 Å². The summed E-state index contributed by atoms with van der Waals surface area (Å²) in [5.41, 5.74) is 0. The maximum Gasteiger partial charge on any atom is 0.477 e. The maximum absolute atomic E-state index is 10.7. The minimum atomic E-state index is 0.0715. The molecule has 0 aromatic rings. The fraction of sp³-hybridized carbons (Fsp3) is 1.00. The molecule has 0 radical (unpaired) electrons. The van der Waals surface area contributed by atoms with E-state index in [1.165, 1.54) is 0 Å². The van der Waals surface area contributed by atoms with E-state index in [4.69, 9.17) is 9.47 Å². The lowest BCUT2D eigenvalue weighted by molar-refractivity contribution is -0.981. The molecule has 0 spiro atoms. The van der Waals surface area contributed by atoms with Gasteiger partial charge in [-0.2, -0.15) is 9.68 Å². The van der Waals surface area contributed by atoms with Gasteiger partial charge in [-0.25, -0.2) is 0 Å². The average molecular weight is 176 g/mol. The van der Waals surface area contributed by atoms with Gasteiger partial charge in [-0.3, -0.25) is 0 Å². The van der Waals surface area contributed by atoms with Crippen molar-refractivity contribution < 1.29 is 24.2 Å². The van der Waals surface area contributed by atoms with E-state index in [0.29, 0.717) is 13.2 Å². The van der Waals surface area contributed by atoms with E-state index < -0.39 is 0 Å². The number of hydrogen-bond donors (Lipinski definition) is 0. The molecule has 0 aromatic heterocycles. The SMILES string of the molecule is O=[N+](OCC1CO1)OCC1CO1. The molecule has 0 bridgehead atoms. The quantitative estimate of drug-likeness (QED) is 0.400. The summed E-state index contributed by atoms with van der Waals surface area (Å²) in [6.45, 7) is 1.85. The van der Waals surface area contributed by atoms with E-state index in [9.17, 15) is 4.91 Å². The van der Waals surface area contributed by atoms with Crippen LogP contribution in [0.25, 0.3) is 0 Å². The van der Waals surface area contributed by atoms with E-state index in [2.05, 4.69) is 9.68 Å². The van der Waals surface area contributed by atoms with E-state index >= 15 is 0 Å². The molecular formula is C6H10NO5+. The maximum atomic E-state index is 10.7. The van der Waals surface area contributed by atoms with Gasteiger partial charge in [0.15, 0.2) is 13.2 Å². The van der Waals surface area contributed by atoms with Crippen LogP contribution in [0, 0.1) is 4.91 Å². The fourth-order valence-corrected chi connectivity index (χ4v) is 0.654. The summed E-state index contributed by atoms with van der Waals surface area (Å²) < 4.78 is 9.65. The zero-order valence-corrected chi connectivity index (χ0v) is 6.47. The van der Waals surface area contributed by atoms with Crippen LogP contribution in [-0.2, 0) is 19.1 Å². The first-order chi connectivity index (χ1) is 5.84. The molecule has 0 N–H and O–H groups in total. The predicted molar refractivity (Wildman–Crippen MR) is 35.0 cm³/mol. The number of epoxide rings is 2. The lowest BCUT2D eigenvalue weighted by Crippen LogP contribution is -2.16. The van der Waals surface area contributed by atoms with E-state index in [1.54, 1.807) is 0 Å². The molecule has 0 amide bonds. The summed E-state index contributed by atoms with van der Waals surface area (Å²) in [6.07, 6.45) is 0.143. The standard InChI is InChI=1S/C6H10NO5/c8-7(11-3-5-1-9-5)12-4-6-2-10-6/h5-6H,1-4H2/q+1. The van der Waals surface area contributed by atoms with Gasteiger partial charge >= 0.3 is 5.09 Å². The van der Waals surface area contributed by atoms with Crippen molar-refractivity contribution in [1.82, 2.24) is 0 Å². The van der Waals surface area contributed by atoms with Gasteiger partial charge in [-0.05, 0) is 0 Å². The first kappa shape index (κ1) is 7.75. The molecule has 6 nitrogen and oxygen atoms in total. The molecule has 0 aliphatic carbocycles. The Balaban J connectivity index is 1.50. The molecular weight excluding hydrogens is 166 g/mol. The van der Waals surface area contributed by atoms with Gasteiger partial charge in [0.05, 0.1) is 13.2 Å². The van der Waals surface area contributed by atoms with Gasteiger partial charge < -0.3 is 9.47 Å². The molecule has 2 aliphatic heterocycles. The minimum absolute atomic E-state index is 0.0715. The lowest BCUT2D eigenvalue weighted by Gasteiger charge is -1.89. The Morgan fingerprint density at radius 3 is 1.92 bits per heavy atom. The minimum Gasteiger partial charge on any atom is -0.369 e. The highest BCUT2D eigenvalue weighted by Gasteiger charge is 2.31. The topological polar surface area (TPSA) is 63.6 Å². The van der Waals surface area contributed by atoms with Crippen LogP contribution in [0.4, 0.5) is 0 Å². The van der Waals surface area contributed by atoms with Gasteiger partial charge in [0.2, 0.25) is 0 Å². The second-order valence-electron chi connectivity index (χ2n) is 2.73. The third-order valence-corrected chi connectivity index (χ3v) is 1.54. The van der Waals surface area contributed by atoms with Gasteiger partial charge in [0.1, 0.15) is 17.1 Å². The van der Waals surface area contributed by atoms with Crippen molar-refractivity contribution in [3.8, 4) is 0 Å². The Labute approximate surface area is 68.8 Å². The summed E-state index contributed by atoms with van der Waals surface area (Å²) >= 11 is 0. The van der Waals surface area contributed by atoms with E-state index in [-0.39, 0.29) is 30.5 Å². The van der Waals surface area contributed by atoms with Crippen LogP contribution in [-0.4, -0.2) is 43.7 Å². The van der Waals surface area contributed by atoms with Crippen molar-refractivity contribution >= 4 is 0 Å². The first-order valence-electron chi connectivity index (χ1n) is 3.81. The Morgan fingerprint density at radius 1 is 1.17 bits per heavy atom. The van der Waals surface area contributed by atoms with Crippen LogP contribution in [0.5, 0.6) is 0 Å². The molecule has 68 valence electrons. The number of rotatable bonds is 6. The van der Waals surface area contributed by atoms with Crippen molar-refractivity contribution in [2.24, 2.45) is 0 Å². The summed E-state index contributed by atoms with van der Waals surface area (Å²) in [5.74, 6) is 0.